The first-order chi connectivity index (χ1) is 9.65. The van der Waals surface area contributed by atoms with Crippen LogP contribution in [-0.4, -0.2) is 24.2 Å². The van der Waals surface area contributed by atoms with Crippen LogP contribution in [0.1, 0.15) is 20.1 Å². The van der Waals surface area contributed by atoms with Crippen molar-refractivity contribution >= 4 is 17.3 Å². The van der Waals surface area contributed by atoms with Crippen molar-refractivity contribution in [3.63, 3.8) is 0 Å². The van der Waals surface area contributed by atoms with E-state index in [1.54, 1.807) is 29.5 Å². The number of benzene rings is 1. The minimum Gasteiger partial charge on any atom is -0.492 e. The van der Waals surface area contributed by atoms with Crippen molar-refractivity contribution in [2.45, 2.75) is 13.5 Å². The van der Waals surface area contributed by atoms with Gasteiger partial charge in [-0.3, -0.25) is 0 Å². The maximum Gasteiger partial charge on any atom is 0.335 e. The van der Waals surface area contributed by atoms with Gasteiger partial charge in [-0.15, -0.1) is 11.3 Å². The molecule has 0 aliphatic heterocycles. The van der Waals surface area contributed by atoms with E-state index in [4.69, 9.17) is 9.84 Å². The van der Waals surface area contributed by atoms with E-state index in [9.17, 15) is 4.79 Å². The largest absolute Gasteiger partial charge is 0.492 e. The summed E-state index contributed by atoms with van der Waals surface area (Å²) in [6.07, 6.45) is 0. The fourth-order valence-electron chi connectivity index (χ4n) is 1.75. The normalized spacial score (nSPS) is 10.4. The number of hydrogen-bond acceptors (Lipinski definition) is 4. The lowest BCUT2D eigenvalue weighted by molar-refractivity contribution is 0.0696. The minimum atomic E-state index is -0.943. The standard InChI is InChI=1S/C15H17NO3S/c1-11-5-6-14(20-11)10-16-7-8-19-13-4-2-3-12(9-13)15(17)18/h2-6,9,16H,7-8,10H2,1H3,(H,17,18). The van der Waals surface area contributed by atoms with Crippen molar-refractivity contribution in [1.29, 1.82) is 0 Å². The summed E-state index contributed by atoms with van der Waals surface area (Å²) in [5, 5.41) is 12.2. The molecule has 1 aromatic heterocycles. The van der Waals surface area contributed by atoms with Crippen molar-refractivity contribution in [2.24, 2.45) is 0 Å². The summed E-state index contributed by atoms with van der Waals surface area (Å²) in [5.74, 6) is -0.361. The number of ether oxygens (including phenoxy) is 1. The van der Waals surface area contributed by atoms with Crippen LogP contribution in [0.5, 0.6) is 5.75 Å². The molecule has 0 aliphatic carbocycles. The Balaban J connectivity index is 1.70. The molecule has 2 aromatic rings. The quantitative estimate of drug-likeness (QED) is 0.770. The molecule has 0 unspecified atom stereocenters. The number of aryl methyl sites for hydroxylation is 1. The van der Waals surface area contributed by atoms with Crippen LogP contribution in [0.15, 0.2) is 36.4 Å². The maximum absolute atomic E-state index is 10.8. The second-order valence-corrected chi connectivity index (χ2v) is 5.74. The second-order valence-electron chi connectivity index (χ2n) is 4.37. The summed E-state index contributed by atoms with van der Waals surface area (Å²) < 4.78 is 5.52. The first-order valence-electron chi connectivity index (χ1n) is 6.37. The highest BCUT2D eigenvalue weighted by molar-refractivity contribution is 7.11. The van der Waals surface area contributed by atoms with Gasteiger partial charge in [-0.05, 0) is 37.3 Å². The van der Waals surface area contributed by atoms with Crippen molar-refractivity contribution < 1.29 is 14.6 Å². The van der Waals surface area contributed by atoms with Gasteiger partial charge in [0.1, 0.15) is 12.4 Å². The van der Waals surface area contributed by atoms with Crippen molar-refractivity contribution in [2.75, 3.05) is 13.2 Å². The number of rotatable bonds is 7. The lowest BCUT2D eigenvalue weighted by Crippen LogP contribution is -2.20. The number of carboxylic acids is 1. The molecule has 4 nitrogen and oxygen atoms in total. The van der Waals surface area contributed by atoms with Crippen LogP contribution in [0.3, 0.4) is 0 Å². The lowest BCUT2D eigenvalue weighted by atomic mass is 10.2. The van der Waals surface area contributed by atoms with E-state index in [1.807, 2.05) is 0 Å². The average Bonchev–Trinajstić information content (AvgIpc) is 2.84. The summed E-state index contributed by atoms with van der Waals surface area (Å²) in [6.45, 7) is 4.14. The molecule has 0 spiro atoms. The van der Waals surface area contributed by atoms with E-state index in [0.29, 0.717) is 18.9 Å². The van der Waals surface area contributed by atoms with Gasteiger partial charge >= 0.3 is 5.97 Å². The third kappa shape index (κ3) is 4.36. The van der Waals surface area contributed by atoms with Gasteiger partial charge in [0.05, 0.1) is 5.56 Å². The fraction of sp³-hybridized carbons (Fsp3) is 0.267. The molecular formula is C15H17NO3S. The predicted octanol–water partition coefficient (Wildman–Crippen LogP) is 2.92. The molecule has 0 bridgehead atoms. The molecule has 5 heteroatoms. The van der Waals surface area contributed by atoms with E-state index in [0.717, 1.165) is 6.54 Å². The monoisotopic (exact) mass is 291 g/mol. The van der Waals surface area contributed by atoms with Crippen LogP contribution in [0.2, 0.25) is 0 Å². The summed E-state index contributed by atoms with van der Waals surface area (Å²) in [4.78, 5) is 13.4. The summed E-state index contributed by atoms with van der Waals surface area (Å²) in [6, 6.07) is 10.7. The van der Waals surface area contributed by atoms with Crippen molar-refractivity contribution in [1.82, 2.24) is 5.32 Å². The Labute approximate surface area is 122 Å². The molecule has 0 amide bonds. The summed E-state index contributed by atoms with van der Waals surface area (Å²) in [5.41, 5.74) is 0.240. The molecular weight excluding hydrogens is 274 g/mol. The van der Waals surface area contributed by atoms with Crippen LogP contribution in [0.4, 0.5) is 0 Å². The van der Waals surface area contributed by atoms with Crippen molar-refractivity contribution in [3.8, 4) is 5.75 Å². The molecule has 0 saturated heterocycles. The Morgan fingerprint density at radius 2 is 2.20 bits per heavy atom. The second kappa shape index (κ2) is 7.07. The predicted molar refractivity (Wildman–Crippen MR) is 79.7 cm³/mol. The summed E-state index contributed by atoms with van der Waals surface area (Å²) in [7, 11) is 0. The van der Waals surface area contributed by atoms with E-state index in [2.05, 4.69) is 24.4 Å². The zero-order chi connectivity index (χ0) is 14.4. The van der Waals surface area contributed by atoms with Crippen LogP contribution in [0, 0.1) is 6.92 Å². The average molecular weight is 291 g/mol. The minimum absolute atomic E-state index is 0.240. The molecule has 2 rings (SSSR count). The van der Waals surface area contributed by atoms with Gasteiger partial charge in [0, 0.05) is 22.8 Å². The third-order valence-electron chi connectivity index (χ3n) is 2.72. The fourth-order valence-corrected chi connectivity index (χ4v) is 2.61. The number of nitrogens with one attached hydrogen (secondary N) is 1. The molecule has 20 heavy (non-hydrogen) atoms. The maximum atomic E-state index is 10.8. The highest BCUT2D eigenvalue weighted by Gasteiger charge is 2.03. The molecule has 1 heterocycles. The van der Waals surface area contributed by atoms with E-state index in [1.165, 1.54) is 15.8 Å². The summed E-state index contributed by atoms with van der Waals surface area (Å²) >= 11 is 1.78. The molecule has 1 aromatic carbocycles. The Kier molecular flexibility index (Phi) is 5.15. The van der Waals surface area contributed by atoms with Gasteiger partial charge in [0.15, 0.2) is 0 Å². The molecule has 106 valence electrons. The van der Waals surface area contributed by atoms with Gasteiger partial charge in [-0.25, -0.2) is 4.79 Å². The Hall–Kier alpha value is -1.85. The first-order valence-corrected chi connectivity index (χ1v) is 7.19. The molecule has 0 aliphatic rings. The van der Waals surface area contributed by atoms with Gasteiger partial charge in [-0.1, -0.05) is 6.07 Å². The Bertz CT molecular complexity index is 580. The van der Waals surface area contributed by atoms with E-state index < -0.39 is 5.97 Å². The molecule has 2 N–H and O–H groups in total. The number of carboxylic acid groups (broad SMARTS) is 1. The Morgan fingerprint density at radius 1 is 1.35 bits per heavy atom. The van der Waals surface area contributed by atoms with Gasteiger partial charge in [0.2, 0.25) is 0 Å². The van der Waals surface area contributed by atoms with Crippen molar-refractivity contribution in [3.05, 3.63) is 51.7 Å². The van der Waals surface area contributed by atoms with E-state index in [-0.39, 0.29) is 5.56 Å². The zero-order valence-corrected chi connectivity index (χ0v) is 12.1. The number of carbonyl (C=O) groups is 1. The number of hydrogen-bond donors (Lipinski definition) is 2. The first kappa shape index (κ1) is 14.6. The molecule has 0 radical (unpaired) electrons. The number of aromatic carboxylic acids is 1. The Morgan fingerprint density at radius 3 is 2.90 bits per heavy atom. The van der Waals surface area contributed by atoms with Gasteiger partial charge in [0.25, 0.3) is 0 Å². The molecule has 0 saturated carbocycles. The van der Waals surface area contributed by atoms with Crippen LogP contribution in [-0.2, 0) is 6.54 Å². The highest BCUT2D eigenvalue weighted by Crippen LogP contribution is 2.15. The smallest absolute Gasteiger partial charge is 0.335 e. The van der Waals surface area contributed by atoms with Crippen LogP contribution in [0.25, 0.3) is 0 Å². The number of thiophene rings is 1. The topological polar surface area (TPSA) is 58.6 Å². The van der Waals surface area contributed by atoms with E-state index >= 15 is 0 Å². The SMILES string of the molecule is Cc1ccc(CNCCOc2cccc(C(=O)O)c2)s1. The zero-order valence-electron chi connectivity index (χ0n) is 11.3. The van der Waals surface area contributed by atoms with Gasteiger partial charge < -0.3 is 15.2 Å². The molecule has 0 fully saturated rings. The van der Waals surface area contributed by atoms with Crippen LogP contribution >= 0.6 is 11.3 Å². The third-order valence-corrected chi connectivity index (χ3v) is 3.72. The lowest BCUT2D eigenvalue weighted by Gasteiger charge is -2.07. The molecule has 0 atom stereocenters. The highest BCUT2D eigenvalue weighted by atomic mass is 32.1. The van der Waals surface area contributed by atoms with Gasteiger partial charge in [-0.2, -0.15) is 0 Å². The van der Waals surface area contributed by atoms with Crippen LogP contribution < -0.4 is 10.1 Å².